The van der Waals surface area contributed by atoms with Crippen LogP contribution in [0.1, 0.15) is 0 Å². The highest BCUT2D eigenvalue weighted by Gasteiger charge is 2.24. The Balaban J connectivity index is 2.35. The van der Waals surface area contributed by atoms with Gasteiger partial charge >= 0.3 is 0 Å². The van der Waals surface area contributed by atoms with Crippen molar-refractivity contribution in [2.45, 2.75) is 16.5 Å². The molecule has 0 aromatic carbocycles. The van der Waals surface area contributed by atoms with Crippen molar-refractivity contribution in [1.29, 1.82) is 0 Å². The topological polar surface area (TPSA) is 24.1 Å². The molecule has 1 heterocycles. The molecule has 9 heavy (non-hydrogen) atoms. The van der Waals surface area contributed by atoms with Crippen molar-refractivity contribution in [2.24, 2.45) is 0 Å². The summed E-state index contributed by atoms with van der Waals surface area (Å²) in [6.45, 7) is 0.650. The van der Waals surface area contributed by atoms with Gasteiger partial charge in [0.15, 0.2) is 0 Å². The highest BCUT2D eigenvalue weighted by molar-refractivity contribution is 6.30. The van der Waals surface area contributed by atoms with Crippen LogP contribution in [0.3, 0.4) is 0 Å². The number of rotatable bonds is 0. The minimum absolute atomic E-state index is 0.0818. The molecule has 0 spiro atoms. The van der Waals surface area contributed by atoms with Gasteiger partial charge in [-0.25, -0.2) is 0 Å². The van der Waals surface area contributed by atoms with Gasteiger partial charge in [0.05, 0.1) is 5.38 Å². The van der Waals surface area contributed by atoms with Gasteiger partial charge in [0, 0.05) is 6.54 Å². The molecule has 3 atom stereocenters. The average molecular weight is 189 g/mol. The lowest BCUT2D eigenvalue weighted by atomic mass is 10.3. The fraction of sp³-hybridized carbons (Fsp3) is 1.00. The van der Waals surface area contributed by atoms with E-state index in [1.165, 1.54) is 0 Å². The fourth-order valence-corrected chi connectivity index (χ4v) is 1.29. The molecule has 54 valence electrons. The van der Waals surface area contributed by atoms with E-state index in [1.807, 2.05) is 0 Å². The Bertz CT molecular complexity index is 99.8. The van der Waals surface area contributed by atoms with Crippen molar-refractivity contribution in [3.05, 3.63) is 0 Å². The minimum Gasteiger partial charge on any atom is -0.288 e. The molecule has 1 fully saturated rings. The summed E-state index contributed by atoms with van der Waals surface area (Å²) in [7, 11) is 0. The van der Waals surface area contributed by atoms with E-state index in [0.29, 0.717) is 6.54 Å². The van der Waals surface area contributed by atoms with Crippen LogP contribution < -0.4 is 10.6 Å². The van der Waals surface area contributed by atoms with Gasteiger partial charge in [-0.15, -0.1) is 23.2 Å². The molecule has 1 rings (SSSR count). The third-order valence-electron chi connectivity index (χ3n) is 1.12. The normalized spacial score (nSPS) is 45.0. The maximum atomic E-state index is 5.72. The summed E-state index contributed by atoms with van der Waals surface area (Å²) < 4.78 is 0. The molecule has 2 nitrogen and oxygen atoms in total. The van der Waals surface area contributed by atoms with E-state index >= 15 is 0 Å². The highest BCUT2D eigenvalue weighted by Crippen LogP contribution is 2.11. The van der Waals surface area contributed by atoms with E-state index in [1.54, 1.807) is 0 Å². The third-order valence-corrected chi connectivity index (χ3v) is 2.36. The van der Waals surface area contributed by atoms with E-state index in [0.717, 1.165) is 0 Å². The van der Waals surface area contributed by atoms with Crippen LogP contribution in [-0.2, 0) is 0 Å². The van der Waals surface area contributed by atoms with Gasteiger partial charge in [-0.05, 0) is 0 Å². The van der Waals surface area contributed by atoms with Gasteiger partial charge in [0.2, 0.25) is 0 Å². The Morgan fingerprint density at radius 2 is 1.89 bits per heavy atom. The Morgan fingerprint density at radius 3 is 2.33 bits per heavy atom. The van der Waals surface area contributed by atoms with E-state index in [4.69, 9.17) is 34.8 Å². The zero-order valence-electron chi connectivity index (χ0n) is 4.57. The SMILES string of the molecule is ClC1NCC(Cl)C(Cl)N1. The quantitative estimate of drug-likeness (QED) is 0.437. The molecule has 1 aliphatic rings. The summed E-state index contributed by atoms with van der Waals surface area (Å²) in [5.41, 5.74) is -0.474. The van der Waals surface area contributed by atoms with Crippen LogP contribution in [0.15, 0.2) is 0 Å². The van der Waals surface area contributed by atoms with Gasteiger partial charge in [0.1, 0.15) is 11.1 Å². The summed E-state index contributed by atoms with van der Waals surface area (Å²) >= 11 is 17.0. The minimum atomic E-state index is -0.248. The molecular formula is C4H7Cl3N2. The van der Waals surface area contributed by atoms with Crippen molar-refractivity contribution >= 4 is 34.8 Å². The predicted octanol–water partition coefficient (Wildman–Crippen LogP) is 0.874. The first-order valence-electron chi connectivity index (χ1n) is 2.62. The van der Waals surface area contributed by atoms with Gasteiger partial charge < -0.3 is 0 Å². The summed E-state index contributed by atoms with van der Waals surface area (Å²) in [4.78, 5) is 0. The first-order chi connectivity index (χ1) is 4.20. The molecule has 0 amide bonds. The van der Waals surface area contributed by atoms with Crippen LogP contribution >= 0.6 is 34.8 Å². The maximum Gasteiger partial charge on any atom is 0.136 e. The van der Waals surface area contributed by atoms with E-state index in [-0.39, 0.29) is 16.5 Å². The zero-order chi connectivity index (χ0) is 6.85. The molecule has 0 aromatic heterocycles. The van der Waals surface area contributed by atoms with Gasteiger partial charge in [-0.1, -0.05) is 11.6 Å². The lowest BCUT2D eigenvalue weighted by Crippen LogP contribution is -2.54. The maximum absolute atomic E-state index is 5.72. The van der Waals surface area contributed by atoms with Crippen molar-refractivity contribution in [3.63, 3.8) is 0 Å². The molecule has 0 bridgehead atoms. The summed E-state index contributed by atoms with van der Waals surface area (Å²) in [5.74, 6) is 0. The molecule has 5 heteroatoms. The lowest BCUT2D eigenvalue weighted by Gasteiger charge is -2.28. The zero-order valence-corrected chi connectivity index (χ0v) is 6.84. The summed E-state index contributed by atoms with van der Waals surface area (Å²) in [6, 6.07) is 0. The van der Waals surface area contributed by atoms with Gasteiger partial charge in [0.25, 0.3) is 0 Å². The fourth-order valence-electron chi connectivity index (χ4n) is 0.623. The van der Waals surface area contributed by atoms with Crippen LogP contribution in [0, 0.1) is 0 Å². The molecule has 0 radical (unpaired) electrons. The smallest absolute Gasteiger partial charge is 0.136 e. The lowest BCUT2D eigenvalue weighted by molar-refractivity contribution is 0.435. The van der Waals surface area contributed by atoms with Crippen molar-refractivity contribution in [3.8, 4) is 0 Å². The molecule has 0 aliphatic carbocycles. The predicted molar refractivity (Wildman–Crippen MR) is 40.1 cm³/mol. The van der Waals surface area contributed by atoms with Crippen LogP contribution in [0.5, 0.6) is 0 Å². The number of nitrogens with one attached hydrogen (secondary N) is 2. The third kappa shape index (κ3) is 2.13. The molecular weight excluding hydrogens is 182 g/mol. The Hall–Kier alpha value is 0.790. The van der Waals surface area contributed by atoms with E-state index in [2.05, 4.69) is 10.6 Å². The molecule has 1 saturated heterocycles. The molecule has 0 aromatic rings. The van der Waals surface area contributed by atoms with Crippen LogP contribution in [0.25, 0.3) is 0 Å². The Labute approximate surface area is 68.8 Å². The monoisotopic (exact) mass is 188 g/mol. The van der Waals surface area contributed by atoms with Crippen LogP contribution in [-0.4, -0.2) is 23.0 Å². The molecule has 1 aliphatic heterocycles. The Morgan fingerprint density at radius 1 is 1.22 bits per heavy atom. The standard InChI is InChI=1S/C4H7Cl3N2/c5-2-1-8-4(7)9-3(2)6/h2-4,8-9H,1H2. The van der Waals surface area contributed by atoms with E-state index in [9.17, 15) is 0 Å². The van der Waals surface area contributed by atoms with Crippen molar-refractivity contribution < 1.29 is 0 Å². The number of hydrogen-bond donors (Lipinski definition) is 2. The van der Waals surface area contributed by atoms with Gasteiger partial charge in [-0.3, -0.25) is 10.6 Å². The second kappa shape index (κ2) is 3.26. The first-order valence-corrected chi connectivity index (χ1v) is 3.93. The number of hydrogen-bond acceptors (Lipinski definition) is 2. The largest absolute Gasteiger partial charge is 0.288 e. The molecule has 0 saturated carbocycles. The second-order valence-corrected chi connectivity index (χ2v) is 3.32. The summed E-state index contributed by atoms with van der Waals surface area (Å²) in [6.07, 6.45) is 0. The number of alkyl halides is 3. The Kier molecular flexibility index (Phi) is 2.86. The van der Waals surface area contributed by atoms with Crippen LogP contribution in [0.2, 0.25) is 0 Å². The van der Waals surface area contributed by atoms with Crippen molar-refractivity contribution in [2.75, 3.05) is 6.54 Å². The summed E-state index contributed by atoms with van der Waals surface area (Å²) in [5, 5.41) is 5.64. The van der Waals surface area contributed by atoms with Gasteiger partial charge in [-0.2, -0.15) is 0 Å². The molecule has 2 N–H and O–H groups in total. The highest BCUT2D eigenvalue weighted by atomic mass is 35.5. The second-order valence-electron chi connectivity index (χ2n) is 1.86. The molecule has 3 unspecified atom stereocenters. The first kappa shape index (κ1) is 7.89. The number of halogens is 3. The van der Waals surface area contributed by atoms with Crippen molar-refractivity contribution in [1.82, 2.24) is 10.6 Å². The van der Waals surface area contributed by atoms with E-state index < -0.39 is 0 Å². The average Bonchev–Trinajstić information content (AvgIpc) is 1.80. The van der Waals surface area contributed by atoms with Crippen LogP contribution in [0.4, 0.5) is 0 Å².